The standard InChI is InChI=1S/C21H24Cl2N2O3S/c1-4-14(3)28-21-18(23)10-15(11-19(21)27-5-2)12-24-25-20(26)13-29-17-8-6-16(22)7-9-17/h6-12,14H,4-5,13H2,1-3H3,(H,25,26)/b24-12-/t14-/m0/s1. The van der Waals surface area contributed by atoms with Crippen molar-refractivity contribution in [2.24, 2.45) is 5.10 Å². The summed E-state index contributed by atoms with van der Waals surface area (Å²) in [7, 11) is 0. The zero-order chi connectivity index (χ0) is 21.2. The summed E-state index contributed by atoms with van der Waals surface area (Å²) in [5.41, 5.74) is 3.20. The molecule has 2 aromatic rings. The van der Waals surface area contributed by atoms with Crippen LogP contribution < -0.4 is 14.9 Å². The van der Waals surface area contributed by atoms with Crippen molar-refractivity contribution >= 4 is 47.1 Å². The highest BCUT2D eigenvalue weighted by Gasteiger charge is 2.14. The van der Waals surface area contributed by atoms with Crippen LogP contribution in [-0.2, 0) is 4.79 Å². The van der Waals surface area contributed by atoms with E-state index < -0.39 is 0 Å². The summed E-state index contributed by atoms with van der Waals surface area (Å²) in [4.78, 5) is 12.9. The van der Waals surface area contributed by atoms with Crippen LogP contribution in [0, 0.1) is 0 Å². The predicted octanol–water partition coefficient (Wildman–Crippen LogP) is 5.81. The second-order valence-corrected chi connectivity index (χ2v) is 8.03. The zero-order valence-corrected chi connectivity index (χ0v) is 18.9. The van der Waals surface area contributed by atoms with Crippen LogP contribution in [0.3, 0.4) is 0 Å². The molecule has 0 heterocycles. The van der Waals surface area contributed by atoms with Gasteiger partial charge in [-0.15, -0.1) is 11.8 Å². The molecular formula is C21H24Cl2N2O3S. The molecule has 5 nitrogen and oxygen atoms in total. The Labute approximate surface area is 185 Å². The maximum atomic E-state index is 12.0. The van der Waals surface area contributed by atoms with E-state index in [4.69, 9.17) is 32.7 Å². The van der Waals surface area contributed by atoms with Crippen LogP contribution in [0.2, 0.25) is 10.0 Å². The SMILES string of the molecule is CCOc1cc(/C=N\NC(=O)CSc2ccc(Cl)cc2)cc(Cl)c1O[C@@H](C)CC. The molecule has 0 aliphatic heterocycles. The fourth-order valence-corrected chi connectivity index (χ4v) is 3.30. The van der Waals surface area contributed by atoms with Crippen molar-refractivity contribution in [2.45, 2.75) is 38.2 Å². The molecule has 0 aliphatic rings. The topological polar surface area (TPSA) is 59.9 Å². The quantitative estimate of drug-likeness (QED) is 0.279. The van der Waals surface area contributed by atoms with Crippen LogP contribution in [0.15, 0.2) is 46.4 Å². The first-order valence-electron chi connectivity index (χ1n) is 9.26. The van der Waals surface area contributed by atoms with E-state index >= 15 is 0 Å². The lowest BCUT2D eigenvalue weighted by atomic mass is 10.2. The zero-order valence-electron chi connectivity index (χ0n) is 16.6. The summed E-state index contributed by atoms with van der Waals surface area (Å²) < 4.78 is 11.5. The number of amides is 1. The maximum absolute atomic E-state index is 12.0. The van der Waals surface area contributed by atoms with Gasteiger partial charge >= 0.3 is 0 Å². The van der Waals surface area contributed by atoms with E-state index in [-0.39, 0.29) is 17.8 Å². The molecule has 29 heavy (non-hydrogen) atoms. The van der Waals surface area contributed by atoms with Crippen molar-refractivity contribution in [1.82, 2.24) is 5.43 Å². The number of ether oxygens (including phenoxy) is 2. The minimum atomic E-state index is -0.214. The van der Waals surface area contributed by atoms with Crippen LogP contribution in [0.5, 0.6) is 11.5 Å². The Kier molecular flexibility index (Phi) is 9.64. The molecule has 156 valence electrons. The van der Waals surface area contributed by atoms with E-state index in [1.165, 1.54) is 18.0 Å². The summed E-state index contributed by atoms with van der Waals surface area (Å²) in [5.74, 6) is 1.09. The number of halogens is 2. The van der Waals surface area contributed by atoms with Crippen molar-refractivity contribution in [1.29, 1.82) is 0 Å². The molecule has 0 fully saturated rings. The van der Waals surface area contributed by atoms with Crippen LogP contribution >= 0.6 is 35.0 Å². The third kappa shape index (κ3) is 7.80. The summed E-state index contributed by atoms with van der Waals surface area (Å²) in [6.45, 7) is 6.37. The van der Waals surface area contributed by atoms with Gasteiger partial charge in [-0.2, -0.15) is 5.10 Å². The Morgan fingerprint density at radius 2 is 1.97 bits per heavy atom. The lowest BCUT2D eigenvalue weighted by Gasteiger charge is -2.18. The number of hydrogen-bond acceptors (Lipinski definition) is 5. The molecule has 0 unspecified atom stereocenters. The number of hydrazone groups is 1. The first-order valence-corrected chi connectivity index (χ1v) is 11.0. The van der Waals surface area contributed by atoms with Gasteiger partial charge in [-0.05, 0) is 62.2 Å². The van der Waals surface area contributed by atoms with Gasteiger partial charge in [0.1, 0.15) is 0 Å². The van der Waals surface area contributed by atoms with Gasteiger partial charge in [-0.25, -0.2) is 5.43 Å². The third-order valence-corrected chi connectivity index (χ3v) is 5.36. The normalized spacial score (nSPS) is 12.0. The van der Waals surface area contributed by atoms with Crippen molar-refractivity contribution in [2.75, 3.05) is 12.4 Å². The van der Waals surface area contributed by atoms with Gasteiger partial charge in [0.25, 0.3) is 0 Å². The number of thioether (sulfide) groups is 1. The smallest absolute Gasteiger partial charge is 0.250 e. The molecule has 0 saturated heterocycles. The van der Waals surface area contributed by atoms with Gasteiger partial charge in [0, 0.05) is 9.92 Å². The van der Waals surface area contributed by atoms with Gasteiger partial charge in [0.2, 0.25) is 5.91 Å². The van der Waals surface area contributed by atoms with Crippen LogP contribution in [-0.4, -0.2) is 30.6 Å². The molecule has 1 N–H and O–H groups in total. The predicted molar refractivity (Wildman–Crippen MR) is 121 cm³/mol. The average Bonchev–Trinajstić information content (AvgIpc) is 2.70. The Hall–Kier alpha value is -1.89. The summed E-state index contributed by atoms with van der Waals surface area (Å²) in [6.07, 6.45) is 2.39. The van der Waals surface area contributed by atoms with E-state index in [0.717, 1.165) is 11.3 Å². The molecular weight excluding hydrogens is 431 g/mol. The Morgan fingerprint density at radius 1 is 1.24 bits per heavy atom. The number of carbonyl (C=O) groups excluding carboxylic acids is 1. The fourth-order valence-electron chi connectivity index (χ4n) is 2.22. The van der Waals surface area contributed by atoms with Gasteiger partial charge < -0.3 is 9.47 Å². The number of rotatable bonds is 10. The van der Waals surface area contributed by atoms with Crippen LogP contribution in [0.4, 0.5) is 0 Å². The number of benzene rings is 2. The third-order valence-electron chi connectivity index (χ3n) is 3.81. The second-order valence-electron chi connectivity index (χ2n) is 6.14. The number of carbonyl (C=O) groups is 1. The van der Waals surface area contributed by atoms with Crippen LogP contribution in [0.1, 0.15) is 32.8 Å². The average molecular weight is 455 g/mol. The maximum Gasteiger partial charge on any atom is 0.250 e. The van der Waals surface area contributed by atoms with E-state index in [1.54, 1.807) is 24.3 Å². The highest BCUT2D eigenvalue weighted by atomic mass is 35.5. The first kappa shape index (κ1) is 23.4. The van der Waals surface area contributed by atoms with E-state index in [2.05, 4.69) is 10.5 Å². The van der Waals surface area contributed by atoms with Crippen molar-refractivity contribution in [3.05, 3.63) is 52.0 Å². The number of hydrogen-bond donors (Lipinski definition) is 1. The molecule has 0 spiro atoms. The molecule has 8 heteroatoms. The molecule has 0 radical (unpaired) electrons. The second kappa shape index (κ2) is 12.0. The Balaban J connectivity index is 1.98. The monoisotopic (exact) mass is 454 g/mol. The Bertz CT molecular complexity index is 845. The highest BCUT2D eigenvalue weighted by molar-refractivity contribution is 8.00. The van der Waals surface area contributed by atoms with Gasteiger partial charge in [-0.3, -0.25) is 4.79 Å². The minimum absolute atomic E-state index is 0.0173. The fraction of sp³-hybridized carbons (Fsp3) is 0.333. The van der Waals surface area contributed by atoms with Gasteiger partial charge in [0.15, 0.2) is 11.5 Å². The first-order chi connectivity index (χ1) is 13.9. The largest absolute Gasteiger partial charge is 0.490 e. The molecule has 2 rings (SSSR count). The lowest BCUT2D eigenvalue weighted by Crippen LogP contribution is -2.19. The highest BCUT2D eigenvalue weighted by Crippen LogP contribution is 2.37. The van der Waals surface area contributed by atoms with Crippen molar-refractivity contribution in [3.8, 4) is 11.5 Å². The van der Waals surface area contributed by atoms with Gasteiger partial charge in [-0.1, -0.05) is 30.1 Å². The molecule has 0 bridgehead atoms. The van der Waals surface area contributed by atoms with E-state index in [9.17, 15) is 4.79 Å². The molecule has 0 aliphatic carbocycles. The van der Waals surface area contributed by atoms with Crippen molar-refractivity contribution < 1.29 is 14.3 Å². The molecule has 0 aromatic heterocycles. The van der Waals surface area contributed by atoms with Crippen molar-refractivity contribution in [3.63, 3.8) is 0 Å². The van der Waals surface area contributed by atoms with E-state index in [1.807, 2.05) is 32.9 Å². The number of nitrogens with one attached hydrogen (secondary N) is 1. The van der Waals surface area contributed by atoms with E-state index in [0.29, 0.717) is 33.7 Å². The molecule has 2 aromatic carbocycles. The summed E-state index contributed by atoms with van der Waals surface area (Å²) in [5, 5.41) is 5.10. The van der Waals surface area contributed by atoms with Gasteiger partial charge in [0.05, 0.1) is 29.7 Å². The molecule has 0 saturated carbocycles. The summed E-state index contributed by atoms with van der Waals surface area (Å²) >= 11 is 13.6. The molecule has 1 atom stereocenters. The number of nitrogens with zero attached hydrogens (tertiary/aromatic N) is 1. The Morgan fingerprint density at radius 3 is 2.62 bits per heavy atom. The summed E-state index contributed by atoms with van der Waals surface area (Å²) in [6, 6.07) is 10.8. The van der Waals surface area contributed by atoms with Crippen LogP contribution in [0.25, 0.3) is 0 Å². The minimum Gasteiger partial charge on any atom is -0.490 e. The molecule has 1 amide bonds. The lowest BCUT2D eigenvalue weighted by molar-refractivity contribution is -0.118.